The number of carbonyl (C=O) groups is 1. The number of amides is 1. The minimum absolute atomic E-state index is 0.0659. The van der Waals surface area contributed by atoms with Crippen molar-refractivity contribution in [1.29, 1.82) is 0 Å². The van der Waals surface area contributed by atoms with Gasteiger partial charge in [-0.05, 0) is 59.0 Å². The van der Waals surface area contributed by atoms with Crippen LogP contribution in [0.4, 0.5) is 17.1 Å². The van der Waals surface area contributed by atoms with Crippen LogP contribution in [0, 0.1) is 3.57 Å². The number of hydrogen-bond acceptors (Lipinski definition) is 3. The SMILES string of the molecule is CN(C)C(=O)c1ccc(N)c(Nc2ccc(Cl)cc2I)c1. The molecule has 2 rings (SSSR count). The van der Waals surface area contributed by atoms with Crippen LogP contribution in [0.1, 0.15) is 10.4 Å². The largest absolute Gasteiger partial charge is 0.397 e. The Labute approximate surface area is 142 Å². The Bertz CT molecular complexity index is 689. The molecule has 0 spiro atoms. The summed E-state index contributed by atoms with van der Waals surface area (Å²) >= 11 is 8.14. The molecule has 0 bridgehead atoms. The summed E-state index contributed by atoms with van der Waals surface area (Å²) in [6.45, 7) is 0. The van der Waals surface area contributed by atoms with Crippen molar-refractivity contribution in [3.63, 3.8) is 0 Å². The monoisotopic (exact) mass is 415 g/mol. The van der Waals surface area contributed by atoms with E-state index in [4.69, 9.17) is 17.3 Å². The zero-order chi connectivity index (χ0) is 15.6. The lowest BCUT2D eigenvalue weighted by atomic mass is 10.1. The van der Waals surface area contributed by atoms with Gasteiger partial charge >= 0.3 is 0 Å². The van der Waals surface area contributed by atoms with Gasteiger partial charge in [0.25, 0.3) is 5.91 Å². The molecule has 2 aromatic rings. The van der Waals surface area contributed by atoms with E-state index in [2.05, 4.69) is 27.9 Å². The molecule has 4 nitrogen and oxygen atoms in total. The first-order chi connectivity index (χ1) is 9.88. The van der Waals surface area contributed by atoms with E-state index in [0.717, 1.165) is 9.26 Å². The molecule has 0 heterocycles. The molecule has 0 unspecified atom stereocenters. The van der Waals surface area contributed by atoms with Gasteiger partial charge in [0.05, 0.1) is 17.1 Å². The fraction of sp³-hybridized carbons (Fsp3) is 0.133. The topological polar surface area (TPSA) is 58.4 Å². The predicted octanol–water partition coefficient (Wildman–Crippen LogP) is 3.97. The number of anilines is 3. The third-order valence-electron chi connectivity index (χ3n) is 2.91. The van der Waals surface area contributed by atoms with E-state index < -0.39 is 0 Å². The summed E-state index contributed by atoms with van der Waals surface area (Å²) in [6.07, 6.45) is 0. The first-order valence-corrected chi connectivity index (χ1v) is 7.67. The highest BCUT2D eigenvalue weighted by molar-refractivity contribution is 14.1. The highest BCUT2D eigenvalue weighted by atomic mass is 127. The van der Waals surface area contributed by atoms with E-state index in [0.29, 0.717) is 22.0 Å². The molecule has 110 valence electrons. The fourth-order valence-electron chi connectivity index (χ4n) is 1.79. The first-order valence-electron chi connectivity index (χ1n) is 6.21. The van der Waals surface area contributed by atoms with Crippen molar-refractivity contribution < 1.29 is 4.79 Å². The van der Waals surface area contributed by atoms with Crippen LogP contribution >= 0.6 is 34.2 Å². The maximum absolute atomic E-state index is 12.0. The number of nitrogens with one attached hydrogen (secondary N) is 1. The van der Waals surface area contributed by atoms with Crippen LogP contribution in [0.15, 0.2) is 36.4 Å². The van der Waals surface area contributed by atoms with Crippen molar-refractivity contribution in [2.24, 2.45) is 0 Å². The number of benzene rings is 2. The van der Waals surface area contributed by atoms with Gasteiger partial charge in [0, 0.05) is 28.3 Å². The molecule has 0 fully saturated rings. The van der Waals surface area contributed by atoms with Crippen LogP contribution < -0.4 is 11.1 Å². The molecular weight excluding hydrogens is 401 g/mol. The van der Waals surface area contributed by atoms with Gasteiger partial charge < -0.3 is 16.0 Å². The molecule has 1 amide bonds. The standard InChI is InChI=1S/C15H15ClIN3O/c1-20(2)15(21)9-3-5-12(18)14(7-9)19-13-6-4-10(16)8-11(13)17/h3-8,19H,18H2,1-2H3. The molecule has 0 aromatic heterocycles. The molecule has 0 aliphatic heterocycles. The van der Waals surface area contributed by atoms with Gasteiger partial charge in [-0.1, -0.05) is 11.6 Å². The Balaban J connectivity index is 2.35. The zero-order valence-electron chi connectivity index (χ0n) is 11.7. The third kappa shape index (κ3) is 3.79. The quantitative estimate of drug-likeness (QED) is 0.589. The molecule has 6 heteroatoms. The second-order valence-corrected chi connectivity index (χ2v) is 6.35. The van der Waals surface area contributed by atoms with Crippen LogP contribution in [-0.2, 0) is 0 Å². The average molecular weight is 416 g/mol. The molecule has 0 aliphatic rings. The molecular formula is C15H15ClIN3O. The van der Waals surface area contributed by atoms with E-state index in [1.807, 2.05) is 12.1 Å². The summed E-state index contributed by atoms with van der Waals surface area (Å²) in [7, 11) is 3.43. The first kappa shape index (κ1) is 15.9. The molecule has 2 aromatic carbocycles. The van der Waals surface area contributed by atoms with Crippen molar-refractivity contribution in [2.45, 2.75) is 0 Å². The van der Waals surface area contributed by atoms with Gasteiger partial charge in [0.2, 0.25) is 0 Å². The van der Waals surface area contributed by atoms with E-state index in [1.165, 1.54) is 4.90 Å². The minimum atomic E-state index is -0.0659. The molecule has 0 aliphatic carbocycles. The highest BCUT2D eigenvalue weighted by Gasteiger charge is 2.11. The second-order valence-electron chi connectivity index (χ2n) is 4.75. The minimum Gasteiger partial charge on any atom is -0.397 e. The lowest BCUT2D eigenvalue weighted by Crippen LogP contribution is -2.21. The van der Waals surface area contributed by atoms with Crippen LogP contribution in [0.5, 0.6) is 0 Å². The van der Waals surface area contributed by atoms with Gasteiger partial charge in [-0.15, -0.1) is 0 Å². The van der Waals surface area contributed by atoms with Gasteiger partial charge in [-0.3, -0.25) is 4.79 Å². The van der Waals surface area contributed by atoms with Crippen molar-refractivity contribution in [3.8, 4) is 0 Å². The number of halogens is 2. The van der Waals surface area contributed by atoms with E-state index in [9.17, 15) is 4.79 Å². The predicted molar refractivity (Wildman–Crippen MR) is 96.3 cm³/mol. The molecule has 0 atom stereocenters. The number of nitrogen functional groups attached to an aromatic ring is 1. The number of hydrogen-bond donors (Lipinski definition) is 2. The molecule has 0 saturated heterocycles. The second kappa shape index (κ2) is 6.53. The smallest absolute Gasteiger partial charge is 0.253 e. The maximum Gasteiger partial charge on any atom is 0.253 e. The van der Waals surface area contributed by atoms with Gasteiger partial charge in [0.15, 0.2) is 0 Å². The van der Waals surface area contributed by atoms with Crippen molar-refractivity contribution in [2.75, 3.05) is 25.1 Å². The molecule has 0 radical (unpaired) electrons. The Kier molecular flexibility index (Phi) is 4.95. The lowest BCUT2D eigenvalue weighted by molar-refractivity contribution is 0.0827. The Morgan fingerprint density at radius 3 is 2.52 bits per heavy atom. The van der Waals surface area contributed by atoms with Crippen LogP contribution in [0.2, 0.25) is 5.02 Å². The van der Waals surface area contributed by atoms with Crippen LogP contribution in [0.25, 0.3) is 0 Å². The Hall–Kier alpha value is -1.47. The third-order valence-corrected chi connectivity index (χ3v) is 4.03. The molecule has 0 saturated carbocycles. The van der Waals surface area contributed by atoms with Crippen LogP contribution in [-0.4, -0.2) is 24.9 Å². The Morgan fingerprint density at radius 2 is 1.90 bits per heavy atom. The van der Waals surface area contributed by atoms with Crippen molar-refractivity contribution >= 4 is 57.2 Å². The van der Waals surface area contributed by atoms with Crippen molar-refractivity contribution in [1.82, 2.24) is 4.90 Å². The summed E-state index contributed by atoms with van der Waals surface area (Å²) < 4.78 is 0.976. The number of nitrogens with two attached hydrogens (primary N) is 1. The van der Waals surface area contributed by atoms with Gasteiger partial charge in [-0.2, -0.15) is 0 Å². The number of nitrogens with zero attached hydrogens (tertiary/aromatic N) is 1. The summed E-state index contributed by atoms with van der Waals surface area (Å²) in [5.74, 6) is -0.0659. The zero-order valence-corrected chi connectivity index (χ0v) is 14.6. The molecule has 3 N–H and O–H groups in total. The summed E-state index contributed by atoms with van der Waals surface area (Å²) in [5, 5.41) is 3.92. The average Bonchev–Trinajstić information content (AvgIpc) is 2.43. The number of carbonyl (C=O) groups excluding carboxylic acids is 1. The van der Waals surface area contributed by atoms with Crippen LogP contribution in [0.3, 0.4) is 0 Å². The maximum atomic E-state index is 12.0. The summed E-state index contributed by atoms with van der Waals surface area (Å²) in [4.78, 5) is 13.5. The van der Waals surface area contributed by atoms with E-state index in [-0.39, 0.29) is 5.91 Å². The van der Waals surface area contributed by atoms with Gasteiger partial charge in [0.1, 0.15) is 0 Å². The van der Waals surface area contributed by atoms with Gasteiger partial charge in [-0.25, -0.2) is 0 Å². The highest BCUT2D eigenvalue weighted by Crippen LogP contribution is 2.29. The summed E-state index contributed by atoms with van der Waals surface area (Å²) in [6, 6.07) is 10.7. The summed E-state index contributed by atoms with van der Waals surface area (Å²) in [5.41, 5.74) is 8.73. The normalized spacial score (nSPS) is 10.3. The lowest BCUT2D eigenvalue weighted by Gasteiger charge is -2.15. The fourth-order valence-corrected chi connectivity index (χ4v) is 2.80. The number of rotatable bonds is 3. The van der Waals surface area contributed by atoms with Crippen molar-refractivity contribution in [3.05, 3.63) is 50.6 Å². The van der Waals surface area contributed by atoms with E-state index in [1.54, 1.807) is 38.4 Å². The molecule has 21 heavy (non-hydrogen) atoms. The Morgan fingerprint density at radius 1 is 1.19 bits per heavy atom. The van der Waals surface area contributed by atoms with E-state index >= 15 is 0 Å².